The molecule has 22 heavy (non-hydrogen) atoms. The Balaban J connectivity index is 1.95. The summed E-state index contributed by atoms with van der Waals surface area (Å²) in [5, 5.41) is 0. The van der Waals surface area contributed by atoms with Gasteiger partial charge < -0.3 is 9.64 Å². The predicted molar refractivity (Wildman–Crippen MR) is 88.2 cm³/mol. The Hall–Kier alpha value is -1.07. The molecule has 0 saturated carbocycles. The number of carbonyl (C=O) groups is 1. The van der Waals surface area contributed by atoms with E-state index in [1.807, 2.05) is 25.7 Å². The largest absolute Gasteiger partial charge is 0.444 e. The second-order valence-electron chi connectivity index (χ2n) is 7.50. The molecule has 1 saturated heterocycles. The van der Waals surface area contributed by atoms with E-state index in [0.717, 1.165) is 32.4 Å². The van der Waals surface area contributed by atoms with Gasteiger partial charge in [0.25, 0.3) is 0 Å². The lowest BCUT2D eigenvalue weighted by atomic mass is 9.90. The topological polar surface area (TPSA) is 67.6 Å². The summed E-state index contributed by atoms with van der Waals surface area (Å²) in [6.45, 7) is 7.18. The van der Waals surface area contributed by atoms with Gasteiger partial charge in [0, 0.05) is 19.1 Å². The van der Waals surface area contributed by atoms with E-state index in [1.165, 1.54) is 24.8 Å². The van der Waals surface area contributed by atoms with Gasteiger partial charge in [0.2, 0.25) is 0 Å². The molecule has 1 aliphatic carbocycles. The van der Waals surface area contributed by atoms with E-state index in [1.54, 1.807) is 0 Å². The average Bonchev–Trinajstić information content (AvgIpc) is 2.75. The maximum absolute atomic E-state index is 12.2. The number of allylic oxidation sites excluding steroid dienone is 1. The SMILES string of the molecule is CC(C)(C)OC(=O)N1CCC(C(NN)C2=CCCCCC2)C1. The minimum absolute atomic E-state index is 0.186. The second-order valence-corrected chi connectivity index (χ2v) is 7.50. The summed E-state index contributed by atoms with van der Waals surface area (Å²) in [5.41, 5.74) is 3.99. The Morgan fingerprint density at radius 3 is 2.86 bits per heavy atom. The standard InChI is InChI=1S/C17H31N3O2/c1-17(2,3)22-16(21)20-11-10-14(12-20)15(19-18)13-8-6-4-5-7-9-13/h8,14-15,19H,4-7,9-12,18H2,1-3H3. The highest BCUT2D eigenvalue weighted by atomic mass is 16.6. The zero-order valence-corrected chi connectivity index (χ0v) is 14.2. The molecule has 2 aliphatic rings. The van der Waals surface area contributed by atoms with Crippen molar-refractivity contribution in [3.63, 3.8) is 0 Å². The summed E-state index contributed by atoms with van der Waals surface area (Å²) in [6, 6.07) is 0.186. The molecule has 5 nitrogen and oxygen atoms in total. The summed E-state index contributed by atoms with van der Waals surface area (Å²) < 4.78 is 5.47. The van der Waals surface area contributed by atoms with Crippen LogP contribution in [-0.4, -0.2) is 35.7 Å². The summed E-state index contributed by atoms with van der Waals surface area (Å²) in [5.74, 6) is 6.21. The van der Waals surface area contributed by atoms with Crippen LogP contribution < -0.4 is 11.3 Å². The molecule has 2 atom stereocenters. The van der Waals surface area contributed by atoms with E-state index >= 15 is 0 Å². The first-order chi connectivity index (χ1) is 10.4. The Morgan fingerprint density at radius 1 is 1.41 bits per heavy atom. The predicted octanol–water partition coefficient (Wildman–Crippen LogP) is 2.97. The molecule has 1 amide bonds. The van der Waals surface area contributed by atoms with Gasteiger partial charge in [-0.25, -0.2) is 4.79 Å². The van der Waals surface area contributed by atoms with Crippen molar-refractivity contribution in [2.24, 2.45) is 11.8 Å². The number of carbonyl (C=O) groups excluding carboxylic acids is 1. The molecule has 3 N–H and O–H groups in total. The van der Waals surface area contributed by atoms with Crippen molar-refractivity contribution in [3.05, 3.63) is 11.6 Å². The highest BCUT2D eigenvalue weighted by molar-refractivity contribution is 5.68. The molecule has 0 radical (unpaired) electrons. The number of ether oxygens (including phenoxy) is 1. The van der Waals surface area contributed by atoms with Gasteiger partial charge in [-0.05, 0) is 58.8 Å². The van der Waals surface area contributed by atoms with Crippen LogP contribution in [0.25, 0.3) is 0 Å². The van der Waals surface area contributed by atoms with E-state index in [-0.39, 0.29) is 12.1 Å². The molecule has 0 spiro atoms. The number of rotatable bonds is 3. The van der Waals surface area contributed by atoms with E-state index in [4.69, 9.17) is 10.6 Å². The van der Waals surface area contributed by atoms with Crippen molar-refractivity contribution in [1.82, 2.24) is 10.3 Å². The summed E-state index contributed by atoms with van der Waals surface area (Å²) >= 11 is 0. The van der Waals surface area contributed by atoms with Gasteiger partial charge in [-0.15, -0.1) is 0 Å². The molecule has 5 heteroatoms. The lowest BCUT2D eigenvalue weighted by Gasteiger charge is -2.27. The highest BCUT2D eigenvalue weighted by Gasteiger charge is 2.34. The fourth-order valence-corrected chi connectivity index (χ4v) is 3.42. The van der Waals surface area contributed by atoms with Crippen molar-refractivity contribution < 1.29 is 9.53 Å². The monoisotopic (exact) mass is 309 g/mol. The molecule has 1 fully saturated rings. The molecule has 0 bridgehead atoms. The van der Waals surface area contributed by atoms with Gasteiger partial charge in [0.05, 0.1) is 0 Å². The Bertz CT molecular complexity index is 415. The molecule has 0 aromatic carbocycles. The molecule has 1 heterocycles. The molecule has 126 valence electrons. The zero-order chi connectivity index (χ0) is 16.2. The number of nitrogens with zero attached hydrogens (tertiary/aromatic N) is 1. The highest BCUT2D eigenvalue weighted by Crippen LogP contribution is 2.29. The van der Waals surface area contributed by atoms with Gasteiger partial charge in [-0.3, -0.25) is 11.3 Å². The van der Waals surface area contributed by atoms with Crippen molar-refractivity contribution in [3.8, 4) is 0 Å². The van der Waals surface area contributed by atoms with E-state index in [9.17, 15) is 4.79 Å². The van der Waals surface area contributed by atoms with Crippen molar-refractivity contribution >= 4 is 6.09 Å². The van der Waals surface area contributed by atoms with E-state index in [2.05, 4.69) is 11.5 Å². The fourth-order valence-electron chi connectivity index (χ4n) is 3.42. The second kappa shape index (κ2) is 7.47. The van der Waals surface area contributed by atoms with Gasteiger partial charge in [-0.1, -0.05) is 18.1 Å². The van der Waals surface area contributed by atoms with E-state index < -0.39 is 5.60 Å². The molecule has 0 aromatic heterocycles. The molecular weight excluding hydrogens is 278 g/mol. The number of nitrogens with one attached hydrogen (secondary N) is 1. The Labute approximate surface area is 134 Å². The van der Waals surface area contributed by atoms with Crippen LogP contribution in [-0.2, 0) is 4.74 Å². The third kappa shape index (κ3) is 4.71. The van der Waals surface area contributed by atoms with Crippen LogP contribution in [0.2, 0.25) is 0 Å². The quantitative estimate of drug-likeness (QED) is 0.478. The van der Waals surface area contributed by atoms with Crippen molar-refractivity contribution in [2.45, 2.75) is 70.9 Å². The van der Waals surface area contributed by atoms with Gasteiger partial charge in [0.1, 0.15) is 5.60 Å². The number of nitrogens with two attached hydrogens (primary N) is 1. The average molecular weight is 309 g/mol. The van der Waals surface area contributed by atoms with Crippen LogP contribution in [0.5, 0.6) is 0 Å². The van der Waals surface area contributed by atoms with Crippen molar-refractivity contribution in [1.29, 1.82) is 0 Å². The first kappa shape index (κ1) is 17.3. The minimum atomic E-state index is -0.440. The molecule has 2 unspecified atom stereocenters. The number of hydrogen-bond donors (Lipinski definition) is 2. The van der Waals surface area contributed by atoms with Crippen LogP contribution in [0.3, 0.4) is 0 Å². The van der Waals surface area contributed by atoms with Gasteiger partial charge >= 0.3 is 6.09 Å². The number of amides is 1. The van der Waals surface area contributed by atoms with Crippen molar-refractivity contribution in [2.75, 3.05) is 13.1 Å². The van der Waals surface area contributed by atoms with Crippen LogP contribution >= 0.6 is 0 Å². The molecular formula is C17H31N3O2. The number of hydrazine groups is 1. The van der Waals surface area contributed by atoms with Crippen LogP contribution in [0.1, 0.15) is 59.3 Å². The fraction of sp³-hybridized carbons (Fsp3) is 0.824. The maximum atomic E-state index is 12.2. The third-order valence-corrected chi connectivity index (χ3v) is 4.50. The first-order valence-electron chi connectivity index (χ1n) is 8.53. The lowest BCUT2D eigenvalue weighted by molar-refractivity contribution is 0.0286. The number of hydrogen-bond acceptors (Lipinski definition) is 4. The molecule has 1 aliphatic heterocycles. The van der Waals surface area contributed by atoms with Crippen LogP contribution in [0, 0.1) is 5.92 Å². The molecule has 0 aromatic rings. The van der Waals surface area contributed by atoms with Crippen LogP contribution in [0.15, 0.2) is 11.6 Å². The summed E-state index contributed by atoms with van der Waals surface area (Å²) in [4.78, 5) is 14.0. The third-order valence-electron chi connectivity index (χ3n) is 4.50. The van der Waals surface area contributed by atoms with Gasteiger partial charge in [0.15, 0.2) is 0 Å². The summed E-state index contributed by atoms with van der Waals surface area (Å²) in [7, 11) is 0. The normalized spacial score (nSPS) is 24.6. The Morgan fingerprint density at radius 2 is 2.18 bits per heavy atom. The number of likely N-dealkylation sites (tertiary alicyclic amines) is 1. The smallest absolute Gasteiger partial charge is 0.410 e. The summed E-state index contributed by atoms with van der Waals surface area (Å²) in [6.07, 6.45) is 9.21. The lowest BCUT2D eigenvalue weighted by Crippen LogP contribution is -2.44. The Kier molecular flexibility index (Phi) is 5.87. The van der Waals surface area contributed by atoms with E-state index in [0.29, 0.717) is 5.92 Å². The first-order valence-corrected chi connectivity index (χ1v) is 8.53. The molecule has 2 rings (SSSR count). The minimum Gasteiger partial charge on any atom is -0.444 e. The van der Waals surface area contributed by atoms with Gasteiger partial charge in [-0.2, -0.15) is 0 Å². The maximum Gasteiger partial charge on any atom is 0.410 e. The van der Waals surface area contributed by atoms with Crippen LogP contribution in [0.4, 0.5) is 4.79 Å². The zero-order valence-electron chi connectivity index (χ0n) is 14.2.